The predicted octanol–water partition coefficient (Wildman–Crippen LogP) is -1.85. The number of aliphatic hydroxyl groups excluding tert-OH is 1. The number of hydrogen-bond acceptors (Lipinski definition) is 6. The molecule has 1 aliphatic rings. The molecule has 0 aromatic carbocycles. The maximum atomic E-state index is 10.9. The number of carbonyl (C=O) groups is 4. The van der Waals surface area contributed by atoms with Crippen LogP contribution in [-0.2, 0) is 24.0 Å². The topological polar surface area (TPSA) is 101 Å². The van der Waals surface area contributed by atoms with Gasteiger partial charge in [0, 0.05) is 12.8 Å². The van der Waals surface area contributed by atoms with Gasteiger partial charge in [-0.3, -0.25) is 14.4 Å². The summed E-state index contributed by atoms with van der Waals surface area (Å²) in [5.74, 6) is -2.67. The van der Waals surface area contributed by atoms with Crippen LogP contribution in [0, 0.1) is 0 Å². The van der Waals surface area contributed by atoms with Crippen molar-refractivity contribution in [2.45, 2.75) is 18.9 Å². The molecule has 0 aliphatic carbocycles. The van der Waals surface area contributed by atoms with Crippen molar-refractivity contribution in [1.29, 1.82) is 0 Å². The minimum atomic E-state index is -1.98. The zero-order valence-corrected chi connectivity index (χ0v) is 7.00. The molecule has 1 saturated heterocycles. The molecule has 0 spiro atoms. The van der Waals surface area contributed by atoms with E-state index >= 15 is 0 Å². The van der Waals surface area contributed by atoms with Crippen LogP contribution in [0.4, 0.5) is 0 Å². The van der Waals surface area contributed by atoms with E-state index in [0.717, 1.165) is 0 Å². The van der Waals surface area contributed by atoms with Crippen LogP contribution in [0.1, 0.15) is 12.8 Å². The third-order valence-corrected chi connectivity index (χ3v) is 1.56. The Morgan fingerprint density at radius 3 is 2.36 bits per heavy atom. The van der Waals surface area contributed by atoms with Gasteiger partial charge in [0.1, 0.15) is 0 Å². The summed E-state index contributed by atoms with van der Waals surface area (Å²) >= 11 is 0. The Kier molecular flexibility index (Phi) is 2.92. The molecule has 0 saturated carbocycles. The zero-order valence-electron chi connectivity index (χ0n) is 7.00. The maximum Gasteiger partial charge on any atom is 0.368 e. The molecule has 76 valence electrons. The van der Waals surface area contributed by atoms with E-state index in [1.165, 1.54) is 0 Å². The van der Waals surface area contributed by atoms with E-state index in [-0.39, 0.29) is 24.2 Å². The Balaban J connectivity index is 2.59. The van der Waals surface area contributed by atoms with Crippen molar-refractivity contribution >= 4 is 24.1 Å². The van der Waals surface area contributed by atoms with Gasteiger partial charge in [-0.15, -0.1) is 5.06 Å². The summed E-state index contributed by atoms with van der Waals surface area (Å²) in [6, 6.07) is 0. The Labute approximate surface area is 78.2 Å². The minimum Gasteiger partial charge on any atom is -0.375 e. The molecule has 1 rings (SSSR count). The largest absolute Gasteiger partial charge is 0.375 e. The van der Waals surface area contributed by atoms with E-state index in [9.17, 15) is 19.2 Å². The molecule has 7 nitrogen and oxygen atoms in total. The summed E-state index contributed by atoms with van der Waals surface area (Å²) in [5.41, 5.74) is 0. The highest BCUT2D eigenvalue weighted by Gasteiger charge is 2.34. The lowest BCUT2D eigenvalue weighted by Gasteiger charge is -2.12. The molecule has 0 bridgehead atoms. The normalized spacial score (nSPS) is 18.2. The summed E-state index contributed by atoms with van der Waals surface area (Å²) < 4.78 is 0. The average Bonchev–Trinajstić information content (AvgIpc) is 2.48. The van der Waals surface area contributed by atoms with E-state index in [0.29, 0.717) is 0 Å². The second-order valence-electron chi connectivity index (χ2n) is 2.57. The molecule has 14 heavy (non-hydrogen) atoms. The van der Waals surface area contributed by atoms with E-state index in [1.807, 2.05) is 0 Å². The number of aldehydes is 1. The molecule has 1 aliphatic heterocycles. The number of hydrogen-bond donors (Lipinski definition) is 1. The highest BCUT2D eigenvalue weighted by atomic mass is 16.7. The van der Waals surface area contributed by atoms with Crippen LogP contribution >= 0.6 is 0 Å². The summed E-state index contributed by atoms with van der Waals surface area (Å²) in [7, 11) is 0. The van der Waals surface area contributed by atoms with Gasteiger partial charge in [0.05, 0.1) is 0 Å². The average molecular weight is 201 g/mol. The smallest absolute Gasteiger partial charge is 0.368 e. The Morgan fingerprint density at radius 1 is 1.43 bits per heavy atom. The van der Waals surface area contributed by atoms with Crippen LogP contribution in [0.5, 0.6) is 0 Å². The molecule has 0 aromatic heterocycles. The first-order valence-corrected chi connectivity index (χ1v) is 3.77. The van der Waals surface area contributed by atoms with Gasteiger partial charge in [0.15, 0.2) is 6.29 Å². The first-order chi connectivity index (χ1) is 6.56. The fourth-order valence-corrected chi connectivity index (χ4v) is 0.857. The van der Waals surface area contributed by atoms with Crippen molar-refractivity contribution < 1.29 is 29.1 Å². The lowest BCUT2D eigenvalue weighted by atomic mass is 10.4. The number of rotatable bonds is 3. The Morgan fingerprint density at radius 2 is 1.93 bits per heavy atom. The molecule has 1 unspecified atom stereocenters. The van der Waals surface area contributed by atoms with Crippen LogP contribution in [0.3, 0.4) is 0 Å². The lowest BCUT2D eigenvalue weighted by Crippen LogP contribution is -2.36. The van der Waals surface area contributed by atoms with Crippen molar-refractivity contribution in [1.82, 2.24) is 5.06 Å². The quantitative estimate of drug-likeness (QED) is 0.327. The van der Waals surface area contributed by atoms with Gasteiger partial charge in [-0.05, 0) is 0 Å². The van der Waals surface area contributed by atoms with Crippen LogP contribution in [0.15, 0.2) is 0 Å². The van der Waals surface area contributed by atoms with E-state index in [1.54, 1.807) is 0 Å². The van der Waals surface area contributed by atoms with Crippen LogP contribution in [0.2, 0.25) is 0 Å². The second kappa shape index (κ2) is 3.97. The van der Waals surface area contributed by atoms with E-state index in [4.69, 9.17) is 5.11 Å². The first kappa shape index (κ1) is 10.3. The van der Waals surface area contributed by atoms with Gasteiger partial charge >= 0.3 is 5.97 Å². The molecule has 1 atom stereocenters. The lowest BCUT2D eigenvalue weighted by molar-refractivity contribution is -0.202. The van der Waals surface area contributed by atoms with Gasteiger partial charge < -0.3 is 9.94 Å². The minimum absolute atomic E-state index is 0.0384. The van der Waals surface area contributed by atoms with E-state index < -0.39 is 23.9 Å². The maximum absolute atomic E-state index is 10.9. The number of amides is 2. The number of hydroxylamine groups is 2. The van der Waals surface area contributed by atoms with Gasteiger partial charge in [-0.25, -0.2) is 4.79 Å². The highest BCUT2D eigenvalue weighted by Crippen LogP contribution is 2.12. The molecule has 1 fully saturated rings. The Bertz CT molecular complexity index is 283. The first-order valence-electron chi connectivity index (χ1n) is 3.77. The third-order valence-electron chi connectivity index (χ3n) is 1.56. The summed E-state index contributed by atoms with van der Waals surface area (Å²) in [4.78, 5) is 46.7. The Hall–Kier alpha value is -1.76. The molecular formula is C7H7NO6. The second-order valence-corrected chi connectivity index (χ2v) is 2.57. The van der Waals surface area contributed by atoms with Gasteiger partial charge in [0.2, 0.25) is 6.10 Å². The van der Waals surface area contributed by atoms with Crippen molar-refractivity contribution in [3.05, 3.63) is 0 Å². The molecule has 1 heterocycles. The van der Waals surface area contributed by atoms with Gasteiger partial charge in [-0.2, -0.15) is 0 Å². The number of nitrogens with zero attached hydrogens (tertiary/aromatic N) is 1. The van der Waals surface area contributed by atoms with Crippen LogP contribution in [0.25, 0.3) is 0 Å². The van der Waals surface area contributed by atoms with Crippen LogP contribution in [-0.4, -0.2) is 40.3 Å². The molecule has 7 heteroatoms. The van der Waals surface area contributed by atoms with Crippen LogP contribution < -0.4 is 0 Å². The third kappa shape index (κ3) is 1.94. The molecular weight excluding hydrogens is 194 g/mol. The fraction of sp³-hybridized carbons (Fsp3) is 0.429. The monoisotopic (exact) mass is 201 g/mol. The standard InChI is InChI=1S/C7H7NO6/c9-3-4(10)7(13)14-8-5(11)1-2-6(8)12/h3-4,10H,1-2H2. The zero-order chi connectivity index (χ0) is 10.7. The van der Waals surface area contributed by atoms with Gasteiger partial charge in [-0.1, -0.05) is 0 Å². The van der Waals surface area contributed by atoms with Crippen molar-refractivity contribution in [3.63, 3.8) is 0 Å². The summed E-state index contributed by atoms with van der Waals surface area (Å²) in [6.07, 6.45) is -2.11. The number of imide groups is 1. The molecule has 1 N–H and O–H groups in total. The summed E-state index contributed by atoms with van der Waals surface area (Å²) in [5, 5.41) is 8.93. The van der Waals surface area contributed by atoms with Crippen molar-refractivity contribution in [2.24, 2.45) is 0 Å². The SMILES string of the molecule is O=CC(O)C(=O)ON1C(=O)CCC1=O. The molecule has 0 aromatic rings. The number of carbonyl (C=O) groups excluding carboxylic acids is 4. The highest BCUT2D eigenvalue weighted by molar-refractivity contribution is 6.02. The predicted molar refractivity (Wildman–Crippen MR) is 39.2 cm³/mol. The fourth-order valence-electron chi connectivity index (χ4n) is 0.857. The van der Waals surface area contributed by atoms with Crippen molar-refractivity contribution in [3.8, 4) is 0 Å². The van der Waals surface area contributed by atoms with Gasteiger partial charge in [0.25, 0.3) is 11.8 Å². The summed E-state index contributed by atoms with van der Waals surface area (Å²) in [6.45, 7) is 0. The number of aliphatic hydroxyl groups is 1. The molecule has 2 amide bonds. The molecule has 0 radical (unpaired) electrons. The van der Waals surface area contributed by atoms with Crippen molar-refractivity contribution in [2.75, 3.05) is 0 Å². The van der Waals surface area contributed by atoms with E-state index in [2.05, 4.69) is 4.84 Å².